The van der Waals surface area contributed by atoms with Crippen molar-refractivity contribution >= 4 is 5.78 Å². The summed E-state index contributed by atoms with van der Waals surface area (Å²) in [4.78, 5) is 14.0. The summed E-state index contributed by atoms with van der Waals surface area (Å²) in [6.07, 6.45) is 0.475. The maximum atomic E-state index is 12.0. The highest BCUT2D eigenvalue weighted by Gasteiger charge is 2.22. The number of likely N-dealkylation sites (N-methyl/N-ethyl adjacent to an activating group) is 1. The van der Waals surface area contributed by atoms with Crippen LogP contribution in [0, 0.1) is 6.92 Å². The molecule has 18 heavy (non-hydrogen) atoms. The molecular formula is C15H23NO2. The number of aliphatic hydroxyl groups excluding tert-OH is 1. The van der Waals surface area contributed by atoms with Gasteiger partial charge < -0.3 is 5.11 Å². The maximum absolute atomic E-state index is 12.0. The van der Waals surface area contributed by atoms with Crippen LogP contribution in [0.25, 0.3) is 0 Å². The van der Waals surface area contributed by atoms with Crippen molar-refractivity contribution in [1.29, 1.82) is 0 Å². The first-order valence-electron chi connectivity index (χ1n) is 6.29. The Hall–Kier alpha value is -1.19. The van der Waals surface area contributed by atoms with Gasteiger partial charge in [0.2, 0.25) is 0 Å². The van der Waals surface area contributed by atoms with Gasteiger partial charge in [0.1, 0.15) is 0 Å². The zero-order chi connectivity index (χ0) is 13.8. The lowest BCUT2D eigenvalue weighted by molar-refractivity contribution is 0.0725. The van der Waals surface area contributed by atoms with Gasteiger partial charge in [0.15, 0.2) is 5.78 Å². The minimum atomic E-state index is -0.284. The van der Waals surface area contributed by atoms with E-state index >= 15 is 0 Å². The van der Waals surface area contributed by atoms with E-state index in [4.69, 9.17) is 0 Å². The van der Waals surface area contributed by atoms with Gasteiger partial charge in [-0.15, -0.1) is 0 Å². The highest BCUT2D eigenvalue weighted by Crippen LogP contribution is 2.13. The Morgan fingerprint density at radius 1 is 1.28 bits per heavy atom. The minimum absolute atomic E-state index is 0.0855. The van der Waals surface area contributed by atoms with E-state index in [-0.39, 0.29) is 17.9 Å². The summed E-state index contributed by atoms with van der Waals surface area (Å²) in [6, 6.07) is 7.65. The third-order valence-electron chi connectivity index (χ3n) is 3.47. The molecule has 0 unspecified atom stereocenters. The standard InChI is InChI=1S/C15H23NO2/c1-12-5-7-13(8-6-12)14(18)9-10-16(4)15(2,3)11-17/h5-8,17H,9-11H2,1-4H3. The number of ketones is 1. The van der Waals surface area contributed by atoms with Gasteiger partial charge in [0.05, 0.1) is 6.61 Å². The van der Waals surface area contributed by atoms with Crippen molar-refractivity contribution in [2.24, 2.45) is 0 Å². The van der Waals surface area contributed by atoms with Crippen LogP contribution in [0.5, 0.6) is 0 Å². The molecule has 1 rings (SSSR count). The number of Topliss-reactive ketones (excluding diaryl/α,β-unsaturated/α-hetero) is 1. The number of rotatable bonds is 6. The summed E-state index contributed by atoms with van der Waals surface area (Å²) in [7, 11) is 1.93. The summed E-state index contributed by atoms with van der Waals surface area (Å²) in [5.74, 6) is 0.149. The van der Waals surface area contributed by atoms with Gasteiger partial charge in [-0.05, 0) is 27.8 Å². The van der Waals surface area contributed by atoms with Crippen molar-refractivity contribution in [2.75, 3.05) is 20.2 Å². The number of carbonyl (C=O) groups is 1. The molecule has 0 aliphatic heterocycles. The topological polar surface area (TPSA) is 40.5 Å². The van der Waals surface area contributed by atoms with Crippen molar-refractivity contribution < 1.29 is 9.90 Å². The van der Waals surface area contributed by atoms with Crippen LogP contribution in [-0.2, 0) is 0 Å². The molecule has 1 N–H and O–H groups in total. The van der Waals surface area contributed by atoms with Crippen LogP contribution in [0.15, 0.2) is 24.3 Å². The molecule has 0 atom stereocenters. The average molecular weight is 249 g/mol. The molecular weight excluding hydrogens is 226 g/mol. The monoisotopic (exact) mass is 249 g/mol. The Morgan fingerprint density at radius 2 is 1.83 bits per heavy atom. The Kier molecular flexibility index (Phi) is 5.05. The maximum Gasteiger partial charge on any atom is 0.164 e. The molecule has 0 aliphatic rings. The molecule has 0 aliphatic carbocycles. The van der Waals surface area contributed by atoms with E-state index in [1.54, 1.807) is 0 Å². The lowest BCUT2D eigenvalue weighted by Gasteiger charge is -2.33. The van der Waals surface area contributed by atoms with Crippen LogP contribution in [0.2, 0.25) is 0 Å². The van der Waals surface area contributed by atoms with Gasteiger partial charge in [-0.25, -0.2) is 0 Å². The molecule has 0 radical (unpaired) electrons. The highest BCUT2D eigenvalue weighted by atomic mass is 16.3. The fraction of sp³-hybridized carbons (Fsp3) is 0.533. The van der Waals surface area contributed by atoms with Crippen LogP contribution in [0.4, 0.5) is 0 Å². The van der Waals surface area contributed by atoms with Crippen molar-refractivity contribution in [1.82, 2.24) is 4.90 Å². The zero-order valence-electron chi connectivity index (χ0n) is 11.7. The first-order chi connectivity index (χ1) is 8.36. The average Bonchev–Trinajstić information content (AvgIpc) is 2.36. The molecule has 100 valence electrons. The molecule has 3 heteroatoms. The molecule has 0 amide bonds. The number of nitrogens with zero attached hydrogens (tertiary/aromatic N) is 1. The van der Waals surface area contributed by atoms with Gasteiger partial charge in [-0.1, -0.05) is 29.8 Å². The van der Waals surface area contributed by atoms with Gasteiger partial charge in [-0.2, -0.15) is 0 Å². The molecule has 0 spiro atoms. The van der Waals surface area contributed by atoms with Crippen molar-refractivity contribution in [2.45, 2.75) is 32.7 Å². The lowest BCUT2D eigenvalue weighted by atomic mass is 10.0. The summed E-state index contributed by atoms with van der Waals surface area (Å²) in [5, 5.41) is 9.25. The van der Waals surface area contributed by atoms with Crippen LogP contribution in [-0.4, -0.2) is 41.5 Å². The first kappa shape index (κ1) is 14.9. The number of carbonyl (C=O) groups excluding carboxylic acids is 1. The van der Waals surface area contributed by atoms with E-state index in [0.29, 0.717) is 13.0 Å². The van der Waals surface area contributed by atoms with E-state index in [9.17, 15) is 9.90 Å². The zero-order valence-corrected chi connectivity index (χ0v) is 11.7. The SMILES string of the molecule is Cc1ccc(C(=O)CCN(C)C(C)(C)CO)cc1. The predicted octanol–water partition coefficient (Wildman–Crippen LogP) is 2.27. The van der Waals surface area contributed by atoms with Crippen LogP contribution >= 0.6 is 0 Å². The van der Waals surface area contributed by atoms with E-state index in [1.165, 1.54) is 0 Å². The highest BCUT2D eigenvalue weighted by molar-refractivity contribution is 5.96. The van der Waals surface area contributed by atoms with E-state index in [0.717, 1.165) is 11.1 Å². The molecule has 0 fully saturated rings. The normalized spacial score (nSPS) is 11.9. The van der Waals surface area contributed by atoms with Gasteiger partial charge in [0, 0.05) is 24.1 Å². The molecule has 1 aromatic rings. The predicted molar refractivity (Wildman–Crippen MR) is 73.9 cm³/mol. The fourth-order valence-electron chi connectivity index (χ4n) is 1.58. The number of hydrogen-bond donors (Lipinski definition) is 1. The van der Waals surface area contributed by atoms with Gasteiger partial charge >= 0.3 is 0 Å². The molecule has 0 heterocycles. The summed E-state index contributed by atoms with van der Waals surface area (Å²) in [5.41, 5.74) is 1.63. The molecule has 0 saturated carbocycles. The second-order valence-electron chi connectivity index (χ2n) is 5.43. The van der Waals surface area contributed by atoms with E-state index in [2.05, 4.69) is 0 Å². The molecule has 1 aromatic carbocycles. The molecule has 0 bridgehead atoms. The first-order valence-corrected chi connectivity index (χ1v) is 6.29. The number of hydrogen-bond acceptors (Lipinski definition) is 3. The second-order valence-corrected chi connectivity index (χ2v) is 5.43. The number of benzene rings is 1. The third-order valence-corrected chi connectivity index (χ3v) is 3.47. The quantitative estimate of drug-likeness (QED) is 0.786. The molecule has 3 nitrogen and oxygen atoms in total. The Morgan fingerprint density at radius 3 is 2.33 bits per heavy atom. The Labute approximate surface area is 109 Å². The number of aryl methyl sites for hydroxylation is 1. The Balaban J connectivity index is 2.54. The fourth-order valence-corrected chi connectivity index (χ4v) is 1.58. The van der Waals surface area contributed by atoms with Crippen LogP contribution in [0.3, 0.4) is 0 Å². The van der Waals surface area contributed by atoms with Gasteiger partial charge in [-0.3, -0.25) is 9.69 Å². The van der Waals surface area contributed by atoms with E-state index in [1.807, 2.05) is 57.0 Å². The Bertz CT molecular complexity index is 395. The van der Waals surface area contributed by atoms with Crippen molar-refractivity contribution in [3.05, 3.63) is 35.4 Å². The lowest BCUT2D eigenvalue weighted by Crippen LogP contribution is -2.45. The summed E-state index contributed by atoms with van der Waals surface area (Å²) >= 11 is 0. The van der Waals surface area contributed by atoms with Crippen LogP contribution in [0.1, 0.15) is 36.2 Å². The largest absolute Gasteiger partial charge is 0.394 e. The molecule has 0 aromatic heterocycles. The van der Waals surface area contributed by atoms with E-state index < -0.39 is 0 Å². The van der Waals surface area contributed by atoms with Crippen LogP contribution < -0.4 is 0 Å². The smallest absolute Gasteiger partial charge is 0.164 e. The second kappa shape index (κ2) is 6.12. The molecule has 0 saturated heterocycles. The minimum Gasteiger partial charge on any atom is -0.394 e. The van der Waals surface area contributed by atoms with Crippen molar-refractivity contribution in [3.63, 3.8) is 0 Å². The van der Waals surface area contributed by atoms with Crippen molar-refractivity contribution in [3.8, 4) is 0 Å². The van der Waals surface area contributed by atoms with Gasteiger partial charge in [0.25, 0.3) is 0 Å². The third kappa shape index (κ3) is 3.93. The summed E-state index contributed by atoms with van der Waals surface area (Å²) < 4.78 is 0. The summed E-state index contributed by atoms with van der Waals surface area (Å²) in [6.45, 7) is 6.67. The number of aliphatic hydroxyl groups is 1.